The van der Waals surface area contributed by atoms with E-state index in [9.17, 15) is 35.7 Å². The monoisotopic (exact) mass is 628 g/mol. The van der Waals surface area contributed by atoms with Gasteiger partial charge in [-0.1, -0.05) is 27.7 Å². The number of carbonyl (C=O) groups excluding carboxylic acids is 2. The van der Waals surface area contributed by atoms with Crippen LogP contribution in [0.2, 0.25) is 0 Å². The summed E-state index contributed by atoms with van der Waals surface area (Å²) in [5, 5.41) is 2.17. The Morgan fingerprint density at radius 1 is 1.15 bits per heavy atom. The van der Waals surface area contributed by atoms with Crippen molar-refractivity contribution in [3.8, 4) is 5.75 Å². The van der Waals surface area contributed by atoms with Crippen LogP contribution in [-0.2, 0) is 31.0 Å². The van der Waals surface area contributed by atoms with Gasteiger partial charge in [-0.3, -0.25) is 14.1 Å². The lowest BCUT2D eigenvalue weighted by atomic mass is 10.1. The van der Waals surface area contributed by atoms with Crippen molar-refractivity contribution < 1.29 is 54.8 Å². The molecule has 4 rings (SSSR count). The number of hydrogen-bond acceptors (Lipinski definition) is 7. The predicted octanol–water partition coefficient (Wildman–Crippen LogP) is 2.35. The number of aryl methyl sites for hydroxylation is 1. The summed E-state index contributed by atoms with van der Waals surface area (Å²) in [5.74, 6) is -7.57. The molecule has 0 spiro atoms. The highest BCUT2D eigenvalue weighted by Crippen LogP contribution is 2.37. The molecule has 1 aromatic carbocycles. The fourth-order valence-corrected chi connectivity index (χ4v) is 5.82. The lowest BCUT2D eigenvalue weighted by molar-refractivity contribution is -0.133. The number of amides is 2. The number of hydrogen-bond donors (Lipinski definition) is 4. The Balaban J connectivity index is 0.00000141. The molecule has 1 aromatic heterocycles. The van der Waals surface area contributed by atoms with E-state index < -0.39 is 76.3 Å². The predicted molar refractivity (Wildman–Crippen MR) is 140 cm³/mol. The van der Waals surface area contributed by atoms with Crippen molar-refractivity contribution in [2.45, 2.75) is 38.6 Å². The van der Waals surface area contributed by atoms with Crippen LogP contribution in [0.1, 0.15) is 38.2 Å². The summed E-state index contributed by atoms with van der Waals surface area (Å²) in [4.78, 5) is 43.5. The molecule has 0 aliphatic carbocycles. The van der Waals surface area contributed by atoms with Crippen molar-refractivity contribution in [3.63, 3.8) is 0 Å². The zero-order valence-corrected chi connectivity index (χ0v) is 24.6. The van der Waals surface area contributed by atoms with E-state index in [1.165, 1.54) is 7.05 Å². The van der Waals surface area contributed by atoms with Gasteiger partial charge in [0.15, 0.2) is 28.9 Å². The number of phosphoric ester groups is 1. The lowest BCUT2D eigenvalue weighted by Crippen LogP contribution is -2.43. The Labute approximate surface area is 234 Å². The molecule has 3 heterocycles. The highest BCUT2D eigenvalue weighted by molar-refractivity contribution is 7.89. The molecule has 2 aromatic rings. The highest BCUT2D eigenvalue weighted by atomic mass is 32.2. The first-order valence-electron chi connectivity index (χ1n) is 12.4. The number of carbonyl (C=O) groups is 2. The number of nitrogens with zero attached hydrogens (tertiary/aromatic N) is 2. The number of halogens is 3. The van der Waals surface area contributed by atoms with E-state index >= 15 is 0 Å². The Morgan fingerprint density at radius 3 is 2.29 bits per heavy atom. The van der Waals surface area contributed by atoms with Gasteiger partial charge < -0.3 is 29.3 Å². The van der Waals surface area contributed by atoms with Crippen LogP contribution in [0.15, 0.2) is 23.2 Å². The van der Waals surface area contributed by atoms with Crippen molar-refractivity contribution in [2.24, 2.45) is 13.0 Å². The average Bonchev–Trinajstić information content (AvgIpc) is 3.45. The molecular weight excluding hydrogens is 596 g/mol. The molecule has 0 bridgehead atoms. The second kappa shape index (κ2) is 13.8. The van der Waals surface area contributed by atoms with E-state index in [0.717, 1.165) is 15.7 Å². The number of nitrogens with one attached hydrogen (secondary N) is 2. The molecule has 13 nitrogen and oxygen atoms in total. The second-order valence-electron chi connectivity index (χ2n) is 8.35. The molecule has 18 heteroatoms. The van der Waals surface area contributed by atoms with Crippen molar-refractivity contribution in [1.82, 2.24) is 14.2 Å². The molecule has 0 saturated carbocycles. The van der Waals surface area contributed by atoms with Gasteiger partial charge in [0.2, 0.25) is 15.9 Å². The summed E-state index contributed by atoms with van der Waals surface area (Å²) in [6.07, 6.45) is 1.09. The number of phosphoric acid groups is 1. The summed E-state index contributed by atoms with van der Waals surface area (Å²) < 4.78 is 90.8. The zero-order chi connectivity index (χ0) is 31.3. The van der Waals surface area contributed by atoms with Crippen molar-refractivity contribution in [1.29, 1.82) is 0 Å². The number of fused-ring (bicyclic) bond motifs is 2. The normalized spacial score (nSPS) is 19.1. The minimum atomic E-state index is -4.90. The van der Waals surface area contributed by atoms with Crippen molar-refractivity contribution in [2.75, 3.05) is 31.6 Å². The fraction of sp³-hybridized carbons (Fsp3) is 0.478. The van der Waals surface area contributed by atoms with Gasteiger partial charge in [-0.05, 0) is 0 Å². The van der Waals surface area contributed by atoms with Crippen LogP contribution in [-0.4, -0.2) is 71.8 Å². The van der Waals surface area contributed by atoms with Gasteiger partial charge in [0.05, 0.1) is 6.61 Å². The Bertz CT molecular complexity index is 1410. The van der Waals surface area contributed by atoms with Crippen LogP contribution in [0, 0.1) is 23.4 Å². The number of likely N-dealkylation sites (tertiary alicyclic amines) is 1. The number of rotatable bonds is 5. The van der Waals surface area contributed by atoms with E-state index in [0.29, 0.717) is 12.1 Å². The average molecular weight is 629 g/mol. The van der Waals surface area contributed by atoms with E-state index in [4.69, 9.17) is 14.5 Å². The van der Waals surface area contributed by atoms with Gasteiger partial charge >= 0.3 is 7.82 Å². The van der Waals surface area contributed by atoms with Gasteiger partial charge in [0.1, 0.15) is 11.5 Å². The zero-order valence-electron chi connectivity index (χ0n) is 22.9. The molecule has 1 fully saturated rings. The highest BCUT2D eigenvalue weighted by Gasteiger charge is 2.42. The lowest BCUT2D eigenvalue weighted by Gasteiger charge is -2.23. The van der Waals surface area contributed by atoms with E-state index in [-0.39, 0.29) is 31.1 Å². The number of benzene rings is 1. The van der Waals surface area contributed by atoms with Gasteiger partial charge in [-0.2, -0.15) is 0 Å². The molecular formula is C23H32F3N4O9PS. The minimum Gasteiger partial charge on any atom is -0.489 e. The molecule has 230 valence electrons. The van der Waals surface area contributed by atoms with Crippen molar-refractivity contribution in [3.05, 3.63) is 41.5 Å². The van der Waals surface area contributed by atoms with E-state index in [2.05, 4.69) is 14.6 Å². The van der Waals surface area contributed by atoms with Gasteiger partial charge in [-0.25, -0.2) is 30.9 Å². The third-order valence-corrected chi connectivity index (χ3v) is 7.70. The standard InChI is InChI=1S/C19H20F3N4O9PS.2C2H6/c1-25-6-14-18(17(25)19(28)23-10-2-11(20)16(22)12(21)3-10)34-7-9-4-26(5-13(9)24-37(14,32)33)15(27)8-35-36(29,30)31;2*1-2/h2-3,6,9,13,24H,4-5,7-8H2,1H3,(H,23,28)(H2,29,30,31);2*1-2H3. The molecule has 2 unspecified atom stereocenters. The molecule has 2 amide bonds. The first-order chi connectivity index (χ1) is 19.2. The SMILES string of the molecule is CC.CC.Cn1cc2c(c1C(=O)Nc1cc(F)c(F)c(F)c1)OCC1CN(C(=O)COP(=O)(O)O)CC1NS2(=O)=O. The third kappa shape index (κ3) is 8.08. The van der Waals surface area contributed by atoms with Crippen LogP contribution in [0.25, 0.3) is 0 Å². The Morgan fingerprint density at radius 2 is 1.73 bits per heavy atom. The van der Waals surface area contributed by atoms with Gasteiger partial charge in [0.25, 0.3) is 5.91 Å². The topological polar surface area (TPSA) is 176 Å². The molecule has 4 N–H and O–H groups in total. The molecule has 41 heavy (non-hydrogen) atoms. The number of sulfonamides is 1. The first kappa shape index (κ1) is 34.3. The van der Waals surface area contributed by atoms with E-state index in [1.54, 1.807) is 0 Å². The van der Waals surface area contributed by atoms with Crippen LogP contribution < -0.4 is 14.8 Å². The Hall–Kier alpha value is -2.95. The van der Waals surface area contributed by atoms with Gasteiger partial charge in [0, 0.05) is 56.1 Å². The fourth-order valence-electron chi connectivity index (χ4n) is 4.05. The van der Waals surface area contributed by atoms with Gasteiger partial charge in [-0.15, -0.1) is 0 Å². The van der Waals surface area contributed by atoms with Crippen molar-refractivity contribution >= 4 is 35.3 Å². The van der Waals surface area contributed by atoms with Crippen LogP contribution >= 0.6 is 7.82 Å². The summed E-state index contributed by atoms with van der Waals surface area (Å²) in [6.45, 7) is 6.73. The summed E-state index contributed by atoms with van der Waals surface area (Å²) in [5.41, 5.74) is -0.740. The largest absolute Gasteiger partial charge is 0.489 e. The molecule has 2 aliphatic rings. The van der Waals surface area contributed by atoms with E-state index in [1.807, 2.05) is 27.7 Å². The number of anilines is 1. The summed E-state index contributed by atoms with van der Waals surface area (Å²) in [7, 11) is -7.86. The quantitative estimate of drug-likeness (QED) is 0.286. The van der Waals surface area contributed by atoms with Crippen LogP contribution in [0.5, 0.6) is 5.75 Å². The Kier molecular flexibility index (Phi) is 11.5. The molecule has 2 atom stereocenters. The second-order valence-corrected chi connectivity index (χ2v) is 11.3. The third-order valence-electron chi connectivity index (χ3n) is 5.75. The number of aromatic nitrogens is 1. The minimum absolute atomic E-state index is 0.0473. The van der Waals surface area contributed by atoms with Crippen LogP contribution in [0.4, 0.5) is 18.9 Å². The smallest absolute Gasteiger partial charge is 0.470 e. The number of ether oxygens (including phenoxy) is 1. The maximum absolute atomic E-state index is 13.5. The summed E-state index contributed by atoms with van der Waals surface area (Å²) >= 11 is 0. The molecule has 1 saturated heterocycles. The van der Waals surface area contributed by atoms with Crippen LogP contribution in [0.3, 0.4) is 0 Å². The molecule has 0 radical (unpaired) electrons. The first-order valence-corrected chi connectivity index (χ1v) is 15.5. The molecule has 2 aliphatic heterocycles. The maximum atomic E-state index is 13.5. The summed E-state index contributed by atoms with van der Waals surface area (Å²) in [6, 6.07) is 0.278. The maximum Gasteiger partial charge on any atom is 0.470 e.